The van der Waals surface area contributed by atoms with Crippen molar-refractivity contribution >= 4 is 17.6 Å². The Kier molecular flexibility index (Phi) is 5.36. The summed E-state index contributed by atoms with van der Waals surface area (Å²) >= 11 is 0. The van der Waals surface area contributed by atoms with Crippen molar-refractivity contribution in [3.05, 3.63) is 29.6 Å². The summed E-state index contributed by atoms with van der Waals surface area (Å²) in [5, 5.41) is 11.5. The van der Waals surface area contributed by atoms with Gasteiger partial charge in [-0.1, -0.05) is 6.07 Å². The third-order valence-electron chi connectivity index (χ3n) is 4.47. The fourth-order valence-electron chi connectivity index (χ4n) is 2.86. The predicted octanol–water partition coefficient (Wildman–Crippen LogP) is 2.66. The molecule has 5 nitrogen and oxygen atoms in total. The minimum Gasteiger partial charge on any atom is -0.481 e. The smallest absolute Gasteiger partial charge is 0.393 e. The first-order chi connectivity index (χ1) is 11.5. The molecule has 1 unspecified atom stereocenters. The first kappa shape index (κ1) is 19.2. The Hall–Kier alpha value is -2.16. The number of carbonyl (C=O) groups excluding carboxylic acids is 1. The summed E-state index contributed by atoms with van der Waals surface area (Å²) in [6.45, 7) is 2.09. The van der Waals surface area contributed by atoms with Gasteiger partial charge in [0.2, 0.25) is 5.91 Å². The number of aryl methyl sites for hydroxylation is 1. The van der Waals surface area contributed by atoms with Gasteiger partial charge in [-0.05, 0) is 31.5 Å². The normalized spacial score (nSPS) is 22.6. The fourth-order valence-corrected chi connectivity index (χ4v) is 2.86. The number of carboxylic acid groups (broad SMARTS) is 1. The van der Waals surface area contributed by atoms with E-state index >= 15 is 0 Å². The molecule has 1 fully saturated rings. The molecule has 0 saturated carbocycles. The van der Waals surface area contributed by atoms with Crippen molar-refractivity contribution in [3.63, 3.8) is 0 Å². The monoisotopic (exact) mass is 362 g/mol. The number of hydrogen-bond acceptors (Lipinski definition) is 3. The van der Waals surface area contributed by atoms with E-state index in [9.17, 15) is 27.2 Å². The number of likely N-dealkylation sites (tertiary alicyclic amines) is 1. The average Bonchev–Trinajstić information content (AvgIpc) is 2.95. The number of benzene rings is 1. The number of alkyl halides is 3. The third-order valence-corrected chi connectivity index (χ3v) is 4.47. The maximum absolute atomic E-state index is 13.3. The Morgan fingerprint density at radius 3 is 2.48 bits per heavy atom. The molecule has 3 atom stereocenters. The SMILES string of the molecule is Cc1ccc(F)cc1NC(=O)C(C)N1C[C@@H](C(F)(F)F)[C@H](C(=O)O)C1. The van der Waals surface area contributed by atoms with Crippen LogP contribution in [-0.2, 0) is 9.59 Å². The number of nitrogens with one attached hydrogen (secondary N) is 1. The molecule has 1 aliphatic rings. The molecule has 0 aromatic heterocycles. The fraction of sp³-hybridized carbons (Fsp3) is 0.500. The lowest BCUT2D eigenvalue weighted by Crippen LogP contribution is -2.41. The molecule has 138 valence electrons. The van der Waals surface area contributed by atoms with Crippen LogP contribution in [0.5, 0.6) is 0 Å². The van der Waals surface area contributed by atoms with E-state index in [1.54, 1.807) is 6.92 Å². The second-order valence-corrected chi connectivity index (χ2v) is 6.17. The Morgan fingerprint density at radius 2 is 1.96 bits per heavy atom. The van der Waals surface area contributed by atoms with E-state index in [2.05, 4.69) is 5.32 Å². The summed E-state index contributed by atoms with van der Waals surface area (Å²) in [6, 6.07) is 2.81. The lowest BCUT2D eigenvalue weighted by atomic mass is 9.96. The van der Waals surface area contributed by atoms with Crippen molar-refractivity contribution in [1.29, 1.82) is 0 Å². The molecule has 1 aromatic rings. The van der Waals surface area contributed by atoms with Crippen LogP contribution >= 0.6 is 0 Å². The maximum Gasteiger partial charge on any atom is 0.393 e. The second-order valence-electron chi connectivity index (χ2n) is 6.17. The molecular formula is C16H18F4N2O3. The largest absolute Gasteiger partial charge is 0.481 e. The standard InChI is InChI=1S/C16H18F4N2O3/c1-8-3-4-10(17)5-13(8)21-14(23)9(2)22-6-11(15(24)25)12(7-22)16(18,19)20/h3-5,9,11-12H,6-7H2,1-2H3,(H,21,23)(H,24,25)/t9?,11-,12-/m1/s1. The van der Waals surface area contributed by atoms with E-state index in [0.29, 0.717) is 5.56 Å². The van der Waals surface area contributed by atoms with Gasteiger partial charge in [-0.3, -0.25) is 14.5 Å². The van der Waals surface area contributed by atoms with Gasteiger partial charge < -0.3 is 10.4 Å². The van der Waals surface area contributed by atoms with Gasteiger partial charge in [0.1, 0.15) is 5.82 Å². The van der Waals surface area contributed by atoms with E-state index in [1.807, 2.05) is 0 Å². The van der Waals surface area contributed by atoms with Crippen molar-refractivity contribution in [2.24, 2.45) is 11.8 Å². The molecular weight excluding hydrogens is 344 g/mol. The third kappa shape index (κ3) is 4.28. The molecule has 0 spiro atoms. The minimum absolute atomic E-state index is 0.221. The van der Waals surface area contributed by atoms with Gasteiger partial charge in [-0.25, -0.2) is 4.39 Å². The van der Waals surface area contributed by atoms with Crippen LogP contribution in [0.4, 0.5) is 23.2 Å². The molecule has 2 N–H and O–H groups in total. The van der Waals surface area contributed by atoms with E-state index in [1.165, 1.54) is 24.0 Å². The highest BCUT2D eigenvalue weighted by Crippen LogP contribution is 2.38. The molecule has 0 radical (unpaired) electrons. The van der Waals surface area contributed by atoms with Gasteiger partial charge in [0, 0.05) is 18.8 Å². The van der Waals surface area contributed by atoms with Crippen LogP contribution in [-0.4, -0.2) is 47.2 Å². The first-order valence-corrected chi connectivity index (χ1v) is 7.61. The van der Waals surface area contributed by atoms with Crippen LogP contribution in [0, 0.1) is 24.6 Å². The van der Waals surface area contributed by atoms with Crippen LogP contribution in [0.3, 0.4) is 0 Å². The Labute approximate surface area is 141 Å². The predicted molar refractivity (Wildman–Crippen MR) is 81.5 cm³/mol. The lowest BCUT2D eigenvalue weighted by molar-refractivity contribution is -0.188. The van der Waals surface area contributed by atoms with E-state index in [4.69, 9.17) is 5.11 Å². The van der Waals surface area contributed by atoms with Crippen LogP contribution in [0.2, 0.25) is 0 Å². The van der Waals surface area contributed by atoms with Gasteiger partial charge in [0.25, 0.3) is 0 Å². The van der Waals surface area contributed by atoms with Crippen LogP contribution in [0.25, 0.3) is 0 Å². The van der Waals surface area contributed by atoms with Crippen LogP contribution in [0.15, 0.2) is 18.2 Å². The summed E-state index contributed by atoms with van der Waals surface area (Å²) < 4.78 is 52.3. The average molecular weight is 362 g/mol. The number of nitrogens with zero attached hydrogens (tertiary/aromatic N) is 1. The zero-order valence-electron chi connectivity index (χ0n) is 13.6. The second kappa shape index (κ2) is 6.99. The Morgan fingerprint density at radius 1 is 1.32 bits per heavy atom. The quantitative estimate of drug-likeness (QED) is 0.808. The highest BCUT2D eigenvalue weighted by atomic mass is 19.4. The first-order valence-electron chi connectivity index (χ1n) is 7.61. The number of halogens is 4. The number of rotatable bonds is 4. The summed E-state index contributed by atoms with van der Waals surface area (Å²) in [4.78, 5) is 24.6. The molecule has 9 heteroatoms. The molecule has 0 bridgehead atoms. The van der Waals surface area contributed by atoms with Crippen molar-refractivity contribution in [3.8, 4) is 0 Å². The number of carbonyl (C=O) groups is 2. The van der Waals surface area contributed by atoms with Gasteiger partial charge in [0.15, 0.2) is 0 Å². The summed E-state index contributed by atoms with van der Waals surface area (Å²) in [7, 11) is 0. The Balaban J connectivity index is 2.12. The number of hydrogen-bond donors (Lipinski definition) is 2. The topological polar surface area (TPSA) is 69.6 Å². The van der Waals surface area contributed by atoms with Gasteiger partial charge in [-0.2, -0.15) is 13.2 Å². The highest BCUT2D eigenvalue weighted by molar-refractivity contribution is 5.95. The van der Waals surface area contributed by atoms with Crippen molar-refractivity contribution in [2.75, 3.05) is 18.4 Å². The molecule has 25 heavy (non-hydrogen) atoms. The van der Waals surface area contributed by atoms with Crippen molar-refractivity contribution < 1.29 is 32.3 Å². The molecule has 1 heterocycles. The number of anilines is 1. The number of carboxylic acids is 1. The minimum atomic E-state index is -4.66. The number of amides is 1. The molecule has 1 aromatic carbocycles. The van der Waals surface area contributed by atoms with Crippen molar-refractivity contribution in [1.82, 2.24) is 4.90 Å². The van der Waals surface area contributed by atoms with Gasteiger partial charge >= 0.3 is 12.1 Å². The van der Waals surface area contributed by atoms with Crippen LogP contribution in [0.1, 0.15) is 12.5 Å². The maximum atomic E-state index is 13.3. The molecule has 1 amide bonds. The molecule has 2 rings (SSSR count). The van der Waals surface area contributed by atoms with Gasteiger partial charge in [-0.15, -0.1) is 0 Å². The molecule has 1 saturated heterocycles. The lowest BCUT2D eigenvalue weighted by Gasteiger charge is -2.24. The summed E-state index contributed by atoms with van der Waals surface area (Å²) in [5.74, 6) is -6.38. The van der Waals surface area contributed by atoms with Crippen LogP contribution < -0.4 is 5.32 Å². The summed E-state index contributed by atoms with van der Waals surface area (Å²) in [5.41, 5.74) is 0.818. The Bertz CT molecular complexity index is 678. The zero-order valence-corrected chi connectivity index (χ0v) is 13.6. The molecule has 1 aliphatic heterocycles. The highest BCUT2D eigenvalue weighted by Gasteiger charge is 2.53. The van der Waals surface area contributed by atoms with E-state index in [0.717, 1.165) is 6.07 Å². The zero-order chi connectivity index (χ0) is 18.9. The van der Waals surface area contributed by atoms with E-state index < -0.39 is 48.3 Å². The number of aliphatic carboxylic acids is 1. The summed E-state index contributed by atoms with van der Waals surface area (Å²) in [6.07, 6.45) is -4.66. The van der Waals surface area contributed by atoms with Crippen molar-refractivity contribution in [2.45, 2.75) is 26.1 Å². The van der Waals surface area contributed by atoms with E-state index in [-0.39, 0.29) is 12.2 Å². The molecule has 0 aliphatic carbocycles. The van der Waals surface area contributed by atoms with Gasteiger partial charge in [0.05, 0.1) is 17.9 Å².